The van der Waals surface area contributed by atoms with E-state index in [4.69, 9.17) is 5.73 Å². The minimum atomic E-state index is -0.387. The van der Waals surface area contributed by atoms with E-state index in [9.17, 15) is 5.11 Å². The molecular formula is C13H21NO. The van der Waals surface area contributed by atoms with Gasteiger partial charge in [0.05, 0.1) is 6.10 Å². The summed E-state index contributed by atoms with van der Waals surface area (Å²) in [4.78, 5) is 0. The topological polar surface area (TPSA) is 46.2 Å². The number of aryl methyl sites for hydroxylation is 2. The lowest BCUT2D eigenvalue weighted by molar-refractivity contribution is 0.165. The smallest absolute Gasteiger partial charge is 0.0668 e. The number of nitrogens with two attached hydrogens (primary N) is 1. The second-order valence-electron chi connectivity index (χ2n) is 4.37. The maximum Gasteiger partial charge on any atom is 0.0668 e. The second-order valence-corrected chi connectivity index (χ2v) is 4.37. The van der Waals surface area contributed by atoms with Gasteiger partial charge in [0, 0.05) is 6.54 Å². The molecule has 1 aromatic carbocycles. The Morgan fingerprint density at radius 3 is 2.47 bits per heavy atom. The average molecular weight is 207 g/mol. The van der Waals surface area contributed by atoms with Gasteiger partial charge in [-0.05, 0) is 42.9 Å². The number of aliphatic hydroxyl groups is 1. The van der Waals surface area contributed by atoms with Gasteiger partial charge in [-0.15, -0.1) is 0 Å². The molecule has 84 valence electrons. The highest BCUT2D eigenvalue weighted by atomic mass is 16.3. The molecule has 0 bridgehead atoms. The minimum absolute atomic E-state index is 0.342. The van der Waals surface area contributed by atoms with E-state index in [1.165, 1.54) is 16.7 Å². The molecule has 0 spiro atoms. The van der Waals surface area contributed by atoms with Gasteiger partial charge >= 0.3 is 0 Å². The summed E-state index contributed by atoms with van der Waals surface area (Å²) in [5, 5.41) is 9.49. The Balaban J connectivity index is 2.73. The van der Waals surface area contributed by atoms with Crippen LogP contribution < -0.4 is 5.73 Å². The lowest BCUT2D eigenvalue weighted by Crippen LogP contribution is -2.21. The van der Waals surface area contributed by atoms with E-state index in [-0.39, 0.29) is 6.10 Å². The van der Waals surface area contributed by atoms with Gasteiger partial charge in [-0.25, -0.2) is 0 Å². The van der Waals surface area contributed by atoms with Crippen molar-refractivity contribution >= 4 is 0 Å². The maximum atomic E-state index is 9.49. The van der Waals surface area contributed by atoms with E-state index in [2.05, 4.69) is 39.0 Å². The lowest BCUT2D eigenvalue weighted by Gasteiger charge is -2.16. The number of aliphatic hydroxyl groups excluding tert-OH is 1. The molecule has 0 fully saturated rings. The zero-order chi connectivity index (χ0) is 11.4. The van der Waals surface area contributed by atoms with Gasteiger partial charge in [0.25, 0.3) is 0 Å². The Morgan fingerprint density at radius 1 is 1.27 bits per heavy atom. The molecule has 0 saturated heterocycles. The largest absolute Gasteiger partial charge is 0.392 e. The van der Waals surface area contributed by atoms with Crippen molar-refractivity contribution in [3.05, 3.63) is 34.9 Å². The van der Waals surface area contributed by atoms with E-state index in [0.29, 0.717) is 12.5 Å². The molecule has 0 aliphatic carbocycles. The van der Waals surface area contributed by atoms with Gasteiger partial charge in [0.1, 0.15) is 0 Å². The Morgan fingerprint density at radius 2 is 1.93 bits per heavy atom. The third-order valence-electron chi connectivity index (χ3n) is 3.00. The van der Waals surface area contributed by atoms with Crippen molar-refractivity contribution in [3.8, 4) is 0 Å². The van der Waals surface area contributed by atoms with E-state index >= 15 is 0 Å². The van der Waals surface area contributed by atoms with Crippen molar-refractivity contribution in [1.29, 1.82) is 0 Å². The Hall–Kier alpha value is -0.860. The molecule has 0 heterocycles. The van der Waals surface area contributed by atoms with Crippen molar-refractivity contribution in [3.63, 3.8) is 0 Å². The summed E-state index contributed by atoms with van der Waals surface area (Å²) in [6.45, 7) is 6.70. The standard InChI is InChI=1S/C13H21NO/c1-9-4-5-12(6-10(9)2)11(3)7-13(15)8-14/h4-6,11,13,15H,7-8,14H2,1-3H3. The molecule has 2 unspecified atom stereocenters. The van der Waals surface area contributed by atoms with E-state index in [1.807, 2.05) is 0 Å². The summed E-state index contributed by atoms with van der Waals surface area (Å²) in [7, 11) is 0. The lowest BCUT2D eigenvalue weighted by atomic mass is 9.92. The van der Waals surface area contributed by atoms with Crippen molar-refractivity contribution in [2.24, 2.45) is 5.73 Å². The molecule has 0 aromatic heterocycles. The Bertz CT molecular complexity index is 322. The first-order chi connectivity index (χ1) is 7.04. The van der Waals surface area contributed by atoms with Gasteiger partial charge in [-0.3, -0.25) is 0 Å². The van der Waals surface area contributed by atoms with Crippen LogP contribution in [0.1, 0.15) is 36.0 Å². The fourth-order valence-electron chi connectivity index (χ4n) is 1.71. The van der Waals surface area contributed by atoms with E-state index < -0.39 is 0 Å². The molecule has 0 amide bonds. The number of rotatable bonds is 4. The van der Waals surface area contributed by atoms with Crippen LogP contribution >= 0.6 is 0 Å². The predicted octanol–water partition coefficient (Wildman–Crippen LogP) is 2.12. The number of benzene rings is 1. The van der Waals surface area contributed by atoms with Crippen molar-refractivity contribution < 1.29 is 5.11 Å². The highest BCUT2D eigenvalue weighted by Gasteiger charge is 2.11. The van der Waals surface area contributed by atoms with Crippen LogP contribution in [0.15, 0.2) is 18.2 Å². The molecule has 2 atom stereocenters. The van der Waals surface area contributed by atoms with Crippen LogP contribution in [-0.2, 0) is 0 Å². The van der Waals surface area contributed by atoms with Crippen LogP contribution in [0.3, 0.4) is 0 Å². The van der Waals surface area contributed by atoms with Gasteiger partial charge in [0.15, 0.2) is 0 Å². The molecular weight excluding hydrogens is 186 g/mol. The Labute approximate surface area is 92.1 Å². The first-order valence-electron chi connectivity index (χ1n) is 5.50. The highest BCUT2D eigenvalue weighted by molar-refractivity contribution is 5.31. The molecule has 0 aliphatic heterocycles. The molecule has 3 N–H and O–H groups in total. The van der Waals surface area contributed by atoms with Crippen LogP contribution in [0.2, 0.25) is 0 Å². The predicted molar refractivity (Wildman–Crippen MR) is 64.0 cm³/mol. The summed E-state index contributed by atoms with van der Waals surface area (Å²) < 4.78 is 0. The monoisotopic (exact) mass is 207 g/mol. The van der Waals surface area contributed by atoms with E-state index in [0.717, 1.165) is 6.42 Å². The van der Waals surface area contributed by atoms with Gasteiger partial charge in [-0.2, -0.15) is 0 Å². The molecule has 0 saturated carbocycles. The first kappa shape index (κ1) is 12.2. The summed E-state index contributed by atoms with van der Waals surface area (Å²) in [6.07, 6.45) is 0.348. The third-order valence-corrected chi connectivity index (χ3v) is 3.00. The molecule has 0 radical (unpaired) electrons. The zero-order valence-electron chi connectivity index (χ0n) is 9.83. The van der Waals surface area contributed by atoms with Crippen LogP contribution in [0, 0.1) is 13.8 Å². The minimum Gasteiger partial charge on any atom is -0.392 e. The maximum absolute atomic E-state index is 9.49. The molecule has 2 nitrogen and oxygen atoms in total. The summed E-state index contributed by atoms with van der Waals surface area (Å²) in [5.74, 6) is 0.364. The highest BCUT2D eigenvalue weighted by Crippen LogP contribution is 2.22. The summed E-state index contributed by atoms with van der Waals surface area (Å²) in [6, 6.07) is 6.47. The van der Waals surface area contributed by atoms with Crippen LogP contribution in [-0.4, -0.2) is 17.8 Å². The SMILES string of the molecule is Cc1ccc(C(C)CC(O)CN)cc1C. The van der Waals surface area contributed by atoms with Crippen molar-refractivity contribution in [1.82, 2.24) is 0 Å². The molecule has 15 heavy (non-hydrogen) atoms. The molecule has 2 heteroatoms. The molecule has 1 rings (SSSR count). The van der Waals surface area contributed by atoms with Crippen molar-refractivity contribution in [2.75, 3.05) is 6.54 Å². The molecule has 1 aromatic rings. The molecule has 0 aliphatic rings. The normalized spacial score (nSPS) is 15.0. The number of hydrogen-bond acceptors (Lipinski definition) is 2. The third kappa shape index (κ3) is 3.33. The summed E-state index contributed by atoms with van der Waals surface area (Å²) >= 11 is 0. The zero-order valence-corrected chi connectivity index (χ0v) is 9.83. The average Bonchev–Trinajstić information content (AvgIpc) is 2.21. The fourth-order valence-corrected chi connectivity index (χ4v) is 1.71. The van der Waals surface area contributed by atoms with Crippen molar-refractivity contribution in [2.45, 2.75) is 39.2 Å². The van der Waals surface area contributed by atoms with Crippen LogP contribution in [0.4, 0.5) is 0 Å². The van der Waals surface area contributed by atoms with Gasteiger partial charge in [-0.1, -0.05) is 25.1 Å². The van der Waals surface area contributed by atoms with Crippen LogP contribution in [0.25, 0.3) is 0 Å². The van der Waals surface area contributed by atoms with Crippen LogP contribution in [0.5, 0.6) is 0 Å². The Kier molecular flexibility index (Phi) is 4.30. The second kappa shape index (κ2) is 5.29. The quantitative estimate of drug-likeness (QED) is 0.794. The number of hydrogen-bond donors (Lipinski definition) is 2. The summed E-state index contributed by atoms with van der Waals surface area (Å²) in [5.41, 5.74) is 9.30. The van der Waals surface area contributed by atoms with Gasteiger partial charge < -0.3 is 10.8 Å². The van der Waals surface area contributed by atoms with E-state index in [1.54, 1.807) is 0 Å². The first-order valence-corrected chi connectivity index (χ1v) is 5.50. The van der Waals surface area contributed by atoms with Gasteiger partial charge in [0.2, 0.25) is 0 Å². The fraction of sp³-hybridized carbons (Fsp3) is 0.538.